The lowest BCUT2D eigenvalue weighted by Gasteiger charge is -2.08. The average Bonchev–Trinajstić information content (AvgIpc) is 2.91. The SMILES string of the molecule is Cc1cc2ncn(CCOc3ccc(C#N)cc3)c2cc1C. The third-order valence-electron chi connectivity index (χ3n) is 3.82. The minimum Gasteiger partial charge on any atom is -0.492 e. The van der Waals surface area contributed by atoms with Gasteiger partial charge in [-0.3, -0.25) is 0 Å². The molecular weight excluding hydrogens is 274 g/mol. The van der Waals surface area contributed by atoms with Gasteiger partial charge in [-0.2, -0.15) is 5.26 Å². The number of ether oxygens (including phenoxy) is 1. The monoisotopic (exact) mass is 291 g/mol. The minimum atomic E-state index is 0.560. The molecule has 3 rings (SSSR count). The van der Waals surface area contributed by atoms with Crippen molar-refractivity contribution in [3.8, 4) is 11.8 Å². The van der Waals surface area contributed by atoms with Gasteiger partial charge in [-0.1, -0.05) is 0 Å². The molecule has 4 heteroatoms. The Morgan fingerprint density at radius 1 is 1.14 bits per heavy atom. The van der Waals surface area contributed by atoms with Gasteiger partial charge in [0.25, 0.3) is 0 Å². The second kappa shape index (κ2) is 5.90. The topological polar surface area (TPSA) is 50.8 Å². The molecule has 0 fully saturated rings. The summed E-state index contributed by atoms with van der Waals surface area (Å²) in [6.45, 7) is 5.50. The Balaban J connectivity index is 1.69. The van der Waals surface area contributed by atoms with E-state index in [-0.39, 0.29) is 0 Å². The van der Waals surface area contributed by atoms with Gasteiger partial charge in [0, 0.05) is 0 Å². The Kier molecular flexibility index (Phi) is 3.80. The fourth-order valence-corrected chi connectivity index (χ4v) is 2.38. The van der Waals surface area contributed by atoms with Crippen molar-refractivity contribution in [2.24, 2.45) is 0 Å². The molecule has 3 aromatic rings. The number of hydrogen-bond acceptors (Lipinski definition) is 3. The van der Waals surface area contributed by atoms with Crippen molar-refractivity contribution in [3.63, 3.8) is 0 Å². The summed E-state index contributed by atoms with van der Waals surface area (Å²) in [5.41, 5.74) is 5.31. The third kappa shape index (κ3) is 2.79. The molecule has 0 radical (unpaired) electrons. The van der Waals surface area contributed by atoms with Crippen LogP contribution in [0.15, 0.2) is 42.7 Å². The number of aromatic nitrogens is 2. The van der Waals surface area contributed by atoms with E-state index in [1.807, 2.05) is 18.5 Å². The number of benzene rings is 2. The Hall–Kier alpha value is -2.80. The minimum absolute atomic E-state index is 0.560. The van der Waals surface area contributed by atoms with Crippen LogP contribution in [-0.4, -0.2) is 16.2 Å². The molecule has 0 saturated carbocycles. The van der Waals surface area contributed by atoms with E-state index in [4.69, 9.17) is 10.00 Å². The molecule has 0 atom stereocenters. The van der Waals surface area contributed by atoms with E-state index < -0.39 is 0 Å². The van der Waals surface area contributed by atoms with Gasteiger partial charge in [0.05, 0.1) is 35.5 Å². The molecule has 4 nitrogen and oxygen atoms in total. The molecule has 1 aromatic heterocycles. The largest absolute Gasteiger partial charge is 0.492 e. The highest BCUT2D eigenvalue weighted by Crippen LogP contribution is 2.18. The van der Waals surface area contributed by atoms with Gasteiger partial charge < -0.3 is 9.30 Å². The highest BCUT2D eigenvalue weighted by molar-refractivity contribution is 5.77. The molecule has 2 aromatic carbocycles. The highest BCUT2D eigenvalue weighted by atomic mass is 16.5. The summed E-state index contributed by atoms with van der Waals surface area (Å²) in [6.07, 6.45) is 1.85. The van der Waals surface area contributed by atoms with Gasteiger partial charge in [-0.25, -0.2) is 4.98 Å². The molecule has 110 valence electrons. The molecule has 0 saturated heterocycles. The fourth-order valence-electron chi connectivity index (χ4n) is 2.38. The first-order chi connectivity index (χ1) is 10.7. The molecule has 0 bridgehead atoms. The van der Waals surface area contributed by atoms with Crippen LogP contribution in [0.2, 0.25) is 0 Å². The van der Waals surface area contributed by atoms with Crippen molar-refractivity contribution in [2.45, 2.75) is 20.4 Å². The van der Waals surface area contributed by atoms with E-state index in [0.29, 0.717) is 12.2 Å². The molecule has 0 N–H and O–H groups in total. The number of hydrogen-bond donors (Lipinski definition) is 0. The Labute approximate surface area is 129 Å². The van der Waals surface area contributed by atoms with E-state index in [2.05, 4.69) is 41.6 Å². The maximum absolute atomic E-state index is 8.77. The second-order valence-electron chi connectivity index (χ2n) is 5.35. The molecule has 0 amide bonds. The standard InChI is InChI=1S/C18H17N3O/c1-13-9-17-18(10-14(13)2)21(12-20-17)7-8-22-16-5-3-15(11-19)4-6-16/h3-6,9-10,12H,7-8H2,1-2H3. The maximum atomic E-state index is 8.77. The normalized spacial score (nSPS) is 10.6. The number of rotatable bonds is 4. The lowest BCUT2D eigenvalue weighted by Crippen LogP contribution is -2.07. The molecule has 22 heavy (non-hydrogen) atoms. The lowest BCUT2D eigenvalue weighted by molar-refractivity contribution is 0.300. The summed E-state index contributed by atoms with van der Waals surface area (Å²) in [7, 11) is 0. The lowest BCUT2D eigenvalue weighted by atomic mass is 10.1. The van der Waals surface area contributed by atoms with Crippen LogP contribution in [-0.2, 0) is 6.54 Å². The van der Waals surface area contributed by atoms with Crippen molar-refractivity contribution in [1.82, 2.24) is 9.55 Å². The van der Waals surface area contributed by atoms with Crippen LogP contribution in [0, 0.1) is 25.2 Å². The van der Waals surface area contributed by atoms with E-state index in [9.17, 15) is 0 Å². The summed E-state index contributed by atoms with van der Waals surface area (Å²) in [6, 6.07) is 13.5. The summed E-state index contributed by atoms with van der Waals surface area (Å²) >= 11 is 0. The first-order valence-electron chi connectivity index (χ1n) is 7.22. The van der Waals surface area contributed by atoms with Gasteiger partial charge in [0.2, 0.25) is 0 Å². The molecule has 0 aliphatic rings. The van der Waals surface area contributed by atoms with Gasteiger partial charge >= 0.3 is 0 Å². The van der Waals surface area contributed by atoms with Crippen molar-refractivity contribution in [2.75, 3.05) is 6.61 Å². The van der Waals surface area contributed by atoms with Crippen LogP contribution in [0.4, 0.5) is 0 Å². The van der Waals surface area contributed by atoms with Crippen LogP contribution >= 0.6 is 0 Å². The molecule has 1 heterocycles. The van der Waals surface area contributed by atoms with Gasteiger partial charge in [-0.15, -0.1) is 0 Å². The predicted molar refractivity (Wildman–Crippen MR) is 85.9 cm³/mol. The summed E-state index contributed by atoms with van der Waals surface area (Å²) < 4.78 is 7.83. The predicted octanol–water partition coefficient (Wildman–Crippen LogP) is 3.60. The zero-order valence-electron chi connectivity index (χ0n) is 12.7. The van der Waals surface area contributed by atoms with E-state index >= 15 is 0 Å². The number of nitrogens with zero attached hydrogens (tertiary/aromatic N) is 3. The van der Waals surface area contributed by atoms with Crippen LogP contribution < -0.4 is 4.74 Å². The number of fused-ring (bicyclic) bond motifs is 1. The smallest absolute Gasteiger partial charge is 0.119 e. The molecule has 0 aliphatic heterocycles. The van der Waals surface area contributed by atoms with Crippen molar-refractivity contribution >= 4 is 11.0 Å². The number of nitriles is 1. The summed E-state index contributed by atoms with van der Waals surface area (Å²) in [4.78, 5) is 4.44. The van der Waals surface area contributed by atoms with Crippen LogP contribution in [0.3, 0.4) is 0 Å². The molecule has 0 spiro atoms. The highest BCUT2D eigenvalue weighted by Gasteiger charge is 2.05. The quantitative estimate of drug-likeness (QED) is 0.738. The maximum Gasteiger partial charge on any atom is 0.119 e. The van der Waals surface area contributed by atoms with E-state index in [0.717, 1.165) is 23.3 Å². The summed E-state index contributed by atoms with van der Waals surface area (Å²) in [5, 5.41) is 8.77. The molecule has 0 aliphatic carbocycles. The van der Waals surface area contributed by atoms with E-state index in [1.54, 1.807) is 12.1 Å². The van der Waals surface area contributed by atoms with Crippen LogP contribution in [0.5, 0.6) is 5.75 Å². The zero-order valence-corrected chi connectivity index (χ0v) is 12.7. The Bertz CT molecular complexity index is 841. The van der Waals surface area contributed by atoms with Crippen molar-refractivity contribution < 1.29 is 4.74 Å². The third-order valence-corrected chi connectivity index (χ3v) is 3.82. The first-order valence-corrected chi connectivity index (χ1v) is 7.22. The number of imidazole rings is 1. The van der Waals surface area contributed by atoms with Crippen molar-refractivity contribution in [1.29, 1.82) is 5.26 Å². The molecular formula is C18H17N3O. The van der Waals surface area contributed by atoms with Gasteiger partial charge in [0.1, 0.15) is 12.4 Å². The van der Waals surface area contributed by atoms with E-state index in [1.165, 1.54) is 11.1 Å². The van der Waals surface area contributed by atoms with Gasteiger partial charge in [0.15, 0.2) is 0 Å². The first kappa shape index (κ1) is 14.2. The average molecular weight is 291 g/mol. The molecule has 0 unspecified atom stereocenters. The van der Waals surface area contributed by atoms with Crippen LogP contribution in [0.1, 0.15) is 16.7 Å². The zero-order chi connectivity index (χ0) is 15.5. The van der Waals surface area contributed by atoms with Crippen LogP contribution in [0.25, 0.3) is 11.0 Å². The van der Waals surface area contributed by atoms with Gasteiger partial charge in [-0.05, 0) is 61.4 Å². The summed E-state index contributed by atoms with van der Waals surface area (Å²) in [5.74, 6) is 0.774. The fraction of sp³-hybridized carbons (Fsp3) is 0.222. The Morgan fingerprint density at radius 2 is 1.86 bits per heavy atom. The second-order valence-corrected chi connectivity index (χ2v) is 5.35. The Morgan fingerprint density at radius 3 is 2.59 bits per heavy atom. The van der Waals surface area contributed by atoms with Crippen molar-refractivity contribution in [3.05, 3.63) is 59.4 Å². The number of aryl methyl sites for hydroxylation is 2.